The predicted octanol–water partition coefficient (Wildman–Crippen LogP) is 0.935. The van der Waals surface area contributed by atoms with E-state index < -0.39 is 0 Å². The number of aliphatic hydroxyl groups excluding tert-OH is 1. The van der Waals surface area contributed by atoms with E-state index in [0.717, 1.165) is 43.9 Å². The van der Waals surface area contributed by atoms with Crippen molar-refractivity contribution >= 4 is 5.91 Å². The molecule has 0 unspecified atom stereocenters. The Balaban J connectivity index is 1.57. The number of ether oxygens (including phenoxy) is 1. The van der Waals surface area contributed by atoms with Crippen LogP contribution in [0.25, 0.3) is 0 Å². The molecule has 22 heavy (non-hydrogen) atoms. The Kier molecular flexibility index (Phi) is 4.64. The fraction of sp³-hybridized carbons (Fsp3) is 0.588. The van der Waals surface area contributed by atoms with Gasteiger partial charge in [0.1, 0.15) is 5.75 Å². The Morgan fingerprint density at radius 1 is 1.27 bits per heavy atom. The Hall–Kier alpha value is -1.59. The number of nitrogens with zero attached hydrogens (tertiary/aromatic N) is 2. The van der Waals surface area contributed by atoms with Gasteiger partial charge in [-0.2, -0.15) is 0 Å². The highest BCUT2D eigenvalue weighted by atomic mass is 16.5. The second kappa shape index (κ2) is 6.67. The zero-order valence-electron chi connectivity index (χ0n) is 13.1. The second-order valence-electron chi connectivity index (χ2n) is 6.08. The van der Waals surface area contributed by atoms with Crippen LogP contribution in [-0.4, -0.2) is 67.3 Å². The summed E-state index contributed by atoms with van der Waals surface area (Å²) < 4.78 is 5.41. The van der Waals surface area contributed by atoms with Crippen molar-refractivity contribution in [1.82, 2.24) is 9.80 Å². The standard InChI is InChI=1S/C17H24N2O3/c1-22-16-5-3-2-4-13(16)14-12-15(14)17(21)19-8-6-18(7-9-19)10-11-20/h2-5,14-15,20H,6-12H2,1H3/t14-,15+/m0/s1. The fourth-order valence-electron chi connectivity index (χ4n) is 3.35. The van der Waals surface area contributed by atoms with Gasteiger partial charge in [-0.3, -0.25) is 9.69 Å². The van der Waals surface area contributed by atoms with Gasteiger partial charge in [0.25, 0.3) is 0 Å². The Bertz CT molecular complexity index is 526. The Labute approximate surface area is 131 Å². The molecular formula is C17H24N2O3. The van der Waals surface area contributed by atoms with E-state index in [-0.39, 0.29) is 18.4 Å². The molecule has 2 aliphatic rings. The lowest BCUT2D eigenvalue weighted by Crippen LogP contribution is -2.49. The SMILES string of the molecule is COc1ccccc1[C@@H]1C[C@H]1C(=O)N1CCN(CCO)CC1. The van der Waals surface area contributed by atoms with Gasteiger partial charge < -0.3 is 14.7 Å². The van der Waals surface area contributed by atoms with Gasteiger partial charge in [0, 0.05) is 38.6 Å². The number of para-hydroxylation sites is 1. The third-order valence-electron chi connectivity index (χ3n) is 4.75. The van der Waals surface area contributed by atoms with E-state index in [1.54, 1.807) is 7.11 Å². The maximum atomic E-state index is 12.6. The molecule has 2 atom stereocenters. The van der Waals surface area contributed by atoms with Crippen molar-refractivity contribution in [2.45, 2.75) is 12.3 Å². The molecule has 1 heterocycles. The Morgan fingerprint density at radius 3 is 2.68 bits per heavy atom. The molecule has 2 fully saturated rings. The normalized spacial score (nSPS) is 25.1. The van der Waals surface area contributed by atoms with Gasteiger partial charge in [-0.25, -0.2) is 0 Å². The van der Waals surface area contributed by atoms with E-state index in [4.69, 9.17) is 9.84 Å². The quantitative estimate of drug-likeness (QED) is 0.879. The average molecular weight is 304 g/mol. The van der Waals surface area contributed by atoms with Crippen molar-refractivity contribution in [3.63, 3.8) is 0 Å². The molecule has 5 heteroatoms. The lowest BCUT2D eigenvalue weighted by Gasteiger charge is -2.34. The van der Waals surface area contributed by atoms with Crippen molar-refractivity contribution in [3.8, 4) is 5.75 Å². The number of carbonyl (C=O) groups excluding carboxylic acids is 1. The van der Waals surface area contributed by atoms with E-state index in [1.807, 2.05) is 23.1 Å². The number of rotatable bonds is 5. The summed E-state index contributed by atoms with van der Waals surface area (Å²) in [4.78, 5) is 16.8. The largest absolute Gasteiger partial charge is 0.496 e. The molecule has 3 rings (SSSR count). The summed E-state index contributed by atoms with van der Waals surface area (Å²) >= 11 is 0. The van der Waals surface area contributed by atoms with Crippen LogP contribution in [0.1, 0.15) is 17.9 Å². The van der Waals surface area contributed by atoms with Gasteiger partial charge in [-0.1, -0.05) is 18.2 Å². The van der Waals surface area contributed by atoms with Crippen LogP contribution in [0.5, 0.6) is 5.75 Å². The number of hydrogen-bond donors (Lipinski definition) is 1. The topological polar surface area (TPSA) is 53.0 Å². The smallest absolute Gasteiger partial charge is 0.226 e. The van der Waals surface area contributed by atoms with Crippen LogP contribution < -0.4 is 4.74 Å². The average Bonchev–Trinajstić information content (AvgIpc) is 3.35. The minimum Gasteiger partial charge on any atom is -0.496 e. The number of β-amino-alcohol motifs (C(OH)–C–C–N with tert-alkyl or cyclic N) is 1. The van der Waals surface area contributed by atoms with Crippen LogP contribution in [-0.2, 0) is 4.79 Å². The second-order valence-corrected chi connectivity index (χ2v) is 6.08. The van der Waals surface area contributed by atoms with Crippen LogP contribution in [0, 0.1) is 5.92 Å². The third kappa shape index (κ3) is 3.10. The van der Waals surface area contributed by atoms with Gasteiger partial charge in [0.2, 0.25) is 5.91 Å². The molecule has 0 bridgehead atoms. The van der Waals surface area contributed by atoms with Crippen molar-refractivity contribution in [1.29, 1.82) is 0 Å². The summed E-state index contributed by atoms with van der Waals surface area (Å²) in [7, 11) is 1.68. The minimum absolute atomic E-state index is 0.112. The van der Waals surface area contributed by atoms with E-state index in [9.17, 15) is 4.79 Å². The fourth-order valence-corrected chi connectivity index (χ4v) is 3.35. The molecule has 1 saturated heterocycles. The first-order chi connectivity index (χ1) is 10.7. The number of methoxy groups -OCH3 is 1. The third-order valence-corrected chi connectivity index (χ3v) is 4.75. The lowest BCUT2D eigenvalue weighted by atomic mass is 10.1. The molecule has 0 spiro atoms. The number of hydrogen-bond acceptors (Lipinski definition) is 4. The highest BCUT2D eigenvalue weighted by Gasteiger charge is 2.47. The molecule has 1 amide bonds. The zero-order valence-corrected chi connectivity index (χ0v) is 13.1. The van der Waals surface area contributed by atoms with Crippen LogP contribution in [0.15, 0.2) is 24.3 Å². The van der Waals surface area contributed by atoms with E-state index in [0.29, 0.717) is 12.5 Å². The zero-order chi connectivity index (χ0) is 15.5. The van der Waals surface area contributed by atoms with Crippen LogP contribution in [0.2, 0.25) is 0 Å². The lowest BCUT2D eigenvalue weighted by molar-refractivity contribution is -0.134. The molecule has 1 N–H and O–H groups in total. The van der Waals surface area contributed by atoms with Crippen molar-refractivity contribution in [2.24, 2.45) is 5.92 Å². The summed E-state index contributed by atoms with van der Waals surface area (Å²) in [6, 6.07) is 7.99. The molecule has 1 aliphatic heterocycles. The molecule has 0 aromatic heterocycles. The molecule has 1 aromatic carbocycles. The molecule has 1 aromatic rings. The molecule has 1 aliphatic carbocycles. The summed E-state index contributed by atoms with van der Waals surface area (Å²) in [5.41, 5.74) is 1.15. The number of aliphatic hydroxyl groups is 1. The molecule has 0 radical (unpaired) electrons. The monoisotopic (exact) mass is 304 g/mol. The van der Waals surface area contributed by atoms with Crippen LogP contribution >= 0.6 is 0 Å². The summed E-state index contributed by atoms with van der Waals surface area (Å²) in [6.07, 6.45) is 0.927. The Morgan fingerprint density at radius 2 is 2.00 bits per heavy atom. The highest BCUT2D eigenvalue weighted by molar-refractivity contribution is 5.83. The summed E-state index contributed by atoms with van der Waals surface area (Å²) in [5.74, 6) is 1.58. The number of piperazine rings is 1. The summed E-state index contributed by atoms with van der Waals surface area (Å²) in [6.45, 7) is 4.15. The molecule has 5 nitrogen and oxygen atoms in total. The first-order valence-corrected chi connectivity index (χ1v) is 7.99. The van der Waals surface area contributed by atoms with Crippen molar-refractivity contribution < 1.29 is 14.6 Å². The van der Waals surface area contributed by atoms with Crippen molar-refractivity contribution in [3.05, 3.63) is 29.8 Å². The van der Waals surface area contributed by atoms with E-state index >= 15 is 0 Å². The van der Waals surface area contributed by atoms with Crippen molar-refractivity contribution in [2.75, 3.05) is 46.4 Å². The van der Waals surface area contributed by atoms with Crippen LogP contribution in [0.4, 0.5) is 0 Å². The van der Waals surface area contributed by atoms with Gasteiger partial charge in [0.05, 0.1) is 13.7 Å². The number of amides is 1. The maximum Gasteiger partial charge on any atom is 0.226 e. The molecular weight excluding hydrogens is 280 g/mol. The van der Waals surface area contributed by atoms with Crippen LogP contribution in [0.3, 0.4) is 0 Å². The summed E-state index contributed by atoms with van der Waals surface area (Å²) in [5, 5.41) is 8.97. The predicted molar refractivity (Wildman–Crippen MR) is 83.9 cm³/mol. The van der Waals surface area contributed by atoms with Gasteiger partial charge in [0.15, 0.2) is 0 Å². The first-order valence-electron chi connectivity index (χ1n) is 7.99. The molecule has 120 valence electrons. The van der Waals surface area contributed by atoms with Gasteiger partial charge in [-0.05, 0) is 24.0 Å². The van der Waals surface area contributed by atoms with E-state index in [1.165, 1.54) is 0 Å². The van der Waals surface area contributed by atoms with Gasteiger partial charge in [-0.15, -0.1) is 0 Å². The van der Waals surface area contributed by atoms with E-state index in [2.05, 4.69) is 11.0 Å². The number of benzene rings is 1. The number of carbonyl (C=O) groups is 1. The minimum atomic E-state index is 0.112. The highest BCUT2D eigenvalue weighted by Crippen LogP contribution is 2.51. The maximum absolute atomic E-state index is 12.6. The molecule has 1 saturated carbocycles. The van der Waals surface area contributed by atoms with Gasteiger partial charge >= 0.3 is 0 Å². The first kappa shape index (κ1) is 15.3.